The molecule has 1 aliphatic heterocycles. The van der Waals surface area contributed by atoms with E-state index in [1.807, 2.05) is 24.4 Å². The number of aromatic nitrogens is 1. The van der Waals surface area contributed by atoms with Gasteiger partial charge in [0.1, 0.15) is 0 Å². The van der Waals surface area contributed by atoms with E-state index in [2.05, 4.69) is 16.4 Å². The summed E-state index contributed by atoms with van der Waals surface area (Å²) in [7, 11) is -3.56. The first-order valence-electron chi connectivity index (χ1n) is 9.93. The zero-order valence-corrected chi connectivity index (χ0v) is 17.0. The van der Waals surface area contributed by atoms with Gasteiger partial charge in [0.15, 0.2) is 0 Å². The van der Waals surface area contributed by atoms with E-state index in [9.17, 15) is 13.2 Å². The second-order valence-electron chi connectivity index (χ2n) is 7.42. The molecule has 4 rings (SSSR count). The summed E-state index contributed by atoms with van der Waals surface area (Å²) in [5, 5.41) is 4.16. The van der Waals surface area contributed by atoms with Crippen LogP contribution in [-0.4, -0.2) is 43.2 Å². The van der Waals surface area contributed by atoms with E-state index in [1.54, 1.807) is 30.3 Å². The predicted octanol–water partition coefficient (Wildman–Crippen LogP) is 2.93. The Kier molecular flexibility index (Phi) is 5.69. The Bertz CT molecular complexity index is 1090. The summed E-state index contributed by atoms with van der Waals surface area (Å²) < 4.78 is 27.1. The third-order valence-corrected chi connectivity index (χ3v) is 7.38. The molecule has 152 valence electrons. The Labute approximate surface area is 171 Å². The van der Waals surface area contributed by atoms with Gasteiger partial charge in [-0.1, -0.05) is 36.4 Å². The molecule has 29 heavy (non-hydrogen) atoms. The highest BCUT2D eigenvalue weighted by Gasteiger charge is 2.33. The molecule has 6 nitrogen and oxygen atoms in total. The molecule has 0 radical (unpaired) electrons. The first-order valence-corrected chi connectivity index (χ1v) is 11.4. The maximum Gasteiger partial charge on any atom is 0.243 e. The minimum atomic E-state index is -3.56. The van der Waals surface area contributed by atoms with Crippen molar-refractivity contribution in [1.82, 2.24) is 14.6 Å². The van der Waals surface area contributed by atoms with Gasteiger partial charge >= 0.3 is 0 Å². The van der Waals surface area contributed by atoms with Crippen LogP contribution < -0.4 is 5.32 Å². The second kappa shape index (κ2) is 8.39. The molecule has 0 saturated carbocycles. The second-order valence-corrected chi connectivity index (χ2v) is 9.35. The van der Waals surface area contributed by atoms with Crippen molar-refractivity contribution in [2.45, 2.75) is 24.2 Å². The van der Waals surface area contributed by atoms with Gasteiger partial charge in [-0.05, 0) is 43.0 Å². The molecule has 2 aromatic carbocycles. The molecule has 3 aromatic rings. The number of carbonyl (C=O) groups is 1. The van der Waals surface area contributed by atoms with Gasteiger partial charge in [0.25, 0.3) is 0 Å². The summed E-state index contributed by atoms with van der Waals surface area (Å²) in [6.07, 6.45) is 4.10. The zero-order chi connectivity index (χ0) is 20.3. The normalized spacial score (nSPS) is 18.0. The SMILES string of the molecule is O=C(NCCc1c[nH]c2ccccc12)[C@H]1CCCN(S(=O)(=O)c2ccccc2)C1. The maximum atomic E-state index is 12.8. The Morgan fingerprint density at radius 2 is 1.86 bits per heavy atom. The van der Waals surface area contributed by atoms with Crippen molar-refractivity contribution in [3.8, 4) is 0 Å². The summed E-state index contributed by atoms with van der Waals surface area (Å²) in [4.78, 5) is 16.2. The number of amides is 1. The number of nitrogens with one attached hydrogen (secondary N) is 2. The van der Waals surface area contributed by atoms with Gasteiger partial charge in [-0.3, -0.25) is 4.79 Å². The van der Waals surface area contributed by atoms with Gasteiger partial charge in [-0.15, -0.1) is 0 Å². The van der Waals surface area contributed by atoms with Crippen LogP contribution in [0.3, 0.4) is 0 Å². The monoisotopic (exact) mass is 411 g/mol. The van der Waals surface area contributed by atoms with Crippen molar-refractivity contribution in [2.75, 3.05) is 19.6 Å². The molecule has 0 bridgehead atoms. The average Bonchev–Trinajstić information content (AvgIpc) is 3.17. The van der Waals surface area contributed by atoms with Crippen LogP contribution in [0.25, 0.3) is 10.9 Å². The molecule has 0 unspecified atom stereocenters. The van der Waals surface area contributed by atoms with Crippen LogP contribution in [0.4, 0.5) is 0 Å². The molecule has 0 aliphatic carbocycles. The van der Waals surface area contributed by atoms with Crippen LogP contribution in [0.15, 0.2) is 65.7 Å². The van der Waals surface area contributed by atoms with Gasteiger partial charge in [0.05, 0.1) is 10.8 Å². The number of fused-ring (bicyclic) bond motifs is 1. The van der Waals surface area contributed by atoms with E-state index >= 15 is 0 Å². The summed E-state index contributed by atoms with van der Waals surface area (Å²) >= 11 is 0. The number of benzene rings is 2. The van der Waals surface area contributed by atoms with Gasteiger partial charge in [0.2, 0.25) is 15.9 Å². The van der Waals surface area contributed by atoms with E-state index in [0.29, 0.717) is 25.9 Å². The first-order chi connectivity index (χ1) is 14.1. The number of para-hydroxylation sites is 1. The van der Waals surface area contributed by atoms with E-state index in [0.717, 1.165) is 17.5 Å². The lowest BCUT2D eigenvalue weighted by Crippen LogP contribution is -2.45. The molecule has 1 atom stereocenters. The molecular formula is C22H25N3O3S. The predicted molar refractivity (Wildman–Crippen MR) is 113 cm³/mol. The van der Waals surface area contributed by atoms with Crippen molar-refractivity contribution in [1.29, 1.82) is 0 Å². The minimum absolute atomic E-state index is 0.0715. The van der Waals surface area contributed by atoms with E-state index in [1.165, 1.54) is 9.69 Å². The van der Waals surface area contributed by atoms with E-state index in [-0.39, 0.29) is 23.3 Å². The third kappa shape index (κ3) is 4.21. The Morgan fingerprint density at radius 3 is 2.69 bits per heavy atom. The fourth-order valence-electron chi connectivity index (χ4n) is 3.92. The van der Waals surface area contributed by atoms with Crippen molar-refractivity contribution in [3.05, 3.63) is 66.4 Å². The molecule has 1 fully saturated rings. The summed E-state index contributed by atoms with van der Waals surface area (Å²) in [5.41, 5.74) is 2.25. The fraction of sp³-hybridized carbons (Fsp3) is 0.318. The van der Waals surface area contributed by atoms with Crippen LogP contribution in [0.1, 0.15) is 18.4 Å². The van der Waals surface area contributed by atoms with Crippen molar-refractivity contribution < 1.29 is 13.2 Å². The molecule has 1 aromatic heterocycles. The molecule has 1 saturated heterocycles. The number of piperidine rings is 1. The summed E-state index contributed by atoms with van der Waals surface area (Å²) in [6.45, 7) is 1.22. The van der Waals surface area contributed by atoms with E-state index < -0.39 is 10.0 Å². The van der Waals surface area contributed by atoms with Gasteiger partial charge < -0.3 is 10.3 Å². The number of hydrogen-bond donors (Lipinski definition) is 2. The largest absolute Gasteiger partial charge is 0.361 e. The van der Waals surface area contributed by atoms with Crippen molar-refractivity contribution >= 4 is 26.8 Å². The van der Waals surface area contributed by atoms with E-state index in [4.69, 9.17) is 0 Å². The smallest absolute Gasteiger partial charge is 0.243 e. The van der Waals surface area contributed by atoms with Gasteiger partial charge in [-0.2, -0.15) is 4.31 Å². The number of rotatable bonds is 6. The lowest BCUT2D eigenvalue weighted by Gasteiger charge is -2.31. The number of carbonyl (C=O) groups excluding carboxylic acids is 1. The molecule has 0 spiro atoms. The number of aromatic amines is 1. The van der Waals surface area contributed by atoms with Crippen LogP contribution in [0.2, 0.25) is 0 Å². The number of nitrogens with zero attached hydrogens (tertiary/aromatic N) is 1. The van der Waals surface area contributed by atoms with Gasteiger partial charge in [0, 0.05) is 36.7 Å². The first kappa shape index (κ1) is 19.7. The third-order valence-electron chi connectivity index (χ3n) is 5.50. The molecule has 2 N–H and O–H groups in total. The van der Waals surface area contributed by atoms with Crippen LogP contribution in [0.5, 0.6) is 0 Å². The quantitative estimate of drug-likeness (QED) is 0.654. The minimum Gasteiger partial charge on any atom is -0.361 e. The summed E-state index contributed by atoms with van der Waals surface area (Å²) in [6, 6.07) is 16.5. The lowest BCUT2D eigenvalue weighted by atomic mass is 9.99. The lowest BCUT2D eigenvalue weighted by molar-refractivity contribution is -0.126. The zero-order valence-electron chi connectivity index (χ0n) is 16.2. The highest BCUT2D eigenvalue weighted by molar-refractivity contribution is 7.89. The standard InChI is InChI=1S/C22H25N3O3S/c26-22(23-13-12-17-15-24-21-11-5-4-10-20(17)21)18-7-6-14-25(16-18)29(27,28)19-8-2-1-3-9-19/h1-5,8-11,15,18,24H,6-7,12-14,16H2,(H,23,26)/t18-/m0/s1. The molecular weight excluding hydrogens is 386 g/mol. The highest BCUT2D eigenvalue weighted by Crippen LogP contribution is 2.24. The van der Waals surface area contributed by atoms with Crippen LogP contribution >= 0.6 is 0 Å². The van der Waals surface area contributed by atoms with Crippen LogP contribution in [0, 0.1) is 5.92 Å². The van der Waals surface area contributed by atoms with Crippen molar-refractivity contribution in [3.63, 3.8) is 0 Å². The average molecular weight is 412 g/mol. The van der Waals surface area contributed by atoms with Gasteiger partial charge in [-0.25, -0.2) is 8.42 Å². The maximum absolute atomic E-state index is 12.8. The Morgan fingerprint density at radius 1 is 1.10 bits per heavy atom. The number of H-pyrrole nitrogens is 1. The molecule has 7 heteroatoms. The Hall–Kier alpha value is -2.64. The topological polar surface area (TPSA) is 82.3 Å². The molecule has 1 amide bonds. The fourth-order valence-corrected chi connectivity index (χ4v) is 5.46. The number of sulfonamides is 1. The van der Waals surface area contributed by atoms with Crippen LogP contribution in [-0.2, 0) is 21.2 Å². The molecule has 2 heterocycles. The van der Waals surface area contributed by atoms with Crippen molar-refractivity contribution in [2.24, 2.45) is 5.92 Å². The summed E-state index contributed by atoms with van der Waals surface area (Å²) in [5.74, 6) is -0.386. The molecule has 1 aliphatic rings. The number of hydrogen-bond acceptors (Lipinski definition) is 3. The Balaban J connectivity index is 1.35. The highest BCUT2D eigenvalue weighted by atomic mass is 32.2.